The molecule has 1 fully saturated rings. The van der Waals surface area contributed by atoms with Crippen LogP contribution < -0.4 is 0 Å². The fourth-order valence-corrected chi connectivity index (χ4v) is 1.80. The molecule has 1 saturated heterocycles. The van der Waals surface area contributed by atoms with Gasteiger partial charge in [-0.15, -0.1) is 11.7 Å². The lowest BCUT2D eigenvalue weighted by molar-refractivity contribution is 0.101. The van der Waals surface area contributed by atoms with E-state index >= 15 is 0 Å². The monoisotopic (exact) mass is 207 g/mol. The van der Waals surface area contributed by atoms with Crippen molar-refractivity contribution in [3.63, 3.8) is 0 Å². The number of carbonyl (C=O) groups is 1. The van der Waals surface area contributed by atoms with Crippen molar-refractivity contribution >= 4 is 6.29 Å². The number of allylic oxidation sites excluding steroid dienone is 1. The molecular weight excluding hydrogens is 194 g/mol. The molecule has 80 valence electrons. The Labute approximate surface area is 87.7 Å². The van der Waals surface area contributed by atoms with E-state index in [9.17, 15) is 4.79 Å². The fourth-order valence-electron chi connectivity index (χ4n) is 1.80. The van der Waals surface area contributed by atoms with Crippen molar-refractivity contribution in [1.82, 2.24) is 15.0 Å². The third kappa shape index (κ3) is 1.83. The minimum absolute atomic E-state index is 0.0415. The maximum atomic E-state index is 10.8. The summed E-state index contributed by atoms with van der Waals surface area (Å²) < 4.78 is 7.21. The van der Waals surface area contributed by atoms with Gasteiger partial charge in [-0.25, -0.2) is 4.68 Å². The molecule has 0 saturated carbocycles. The zero-order valence-electron chi connectivity index (χ0n) is 8.43. The Hall–Kier alpha value is -1.49. The smallest absolute Gasteiger partial charge is 0.172 e. The van der Waals surface area contributed by atoms with E-state index in [4.69, 9.17) is 4.74 Å². The first kappa shape index (κ1) is 10.0. The molecule has 1 unspecified atom stereocenters. The lowest BCUT2D eigenvalue weighted by Crippen LogP contribution is -2.09. The van der Waals surface area contributed by atoms with Crippen molar-refractivity contribution in [2.45, 2.75) is 25.5 Å². The Morgan fingerprint density at radius 2 is 2.53 bits per heavy atom. The maximum absolute atomic E-state index is 10.8. The molecule has 15 heavy (non-hydrogen) atoms. The number of rotatable bonds is 4. The second kappa shape index (κ2) is 4.35. The normalized spacial score (nSPS) is 20.4. The van der Waals surface area contributed by atoms with Gasteiger partial charge < -0.3 is 4.74 Å². The summed E-state index contributed by atoms with van der Waals surface area (Å²) in [5.74, 6) is 0. The molecule has 1 aliphatic heterocycles. The van der Waals surface area contributed by atoms with Gasteiger partial charge in [0.2, 0.25) is 0 Å². The first-order chi connectivity index (χ1) is 7.36. The molecule has 1 aromatic rings. The second-order valence-corrected chi connectivity index (χ2v) is 3.45. The van der Waals surface area contributed by atoms with Gasteiger partial charge >= 0.3 is 0 Å². The summed E-state index contributed by atoms with van der Waals surface area (Å²) in [7, 11) is 0. The molecule has 2 rings (SSSR count). The Kier molecular flexibility index (Phi) is 2.91. The van der Waals surface area contributed by atoms with Crippen LogP contribution in [0.25, 0.3) is 0 Å². The lowest BCUT2D eigenvalue weighted by atomic mass is 10.1. The largest absolute Gasteiger partial charge is 0.372 e. The van der Waals surface area contributed by atoms with E-state index in [2.05, 4.69) is 16.9 Å². The van der Waals surface area contributed by atoms with Crippen molar-refractivity contribution in [2.24, 2.45) is 0 Å². The molecule has 0 aromatic carbocycles. The maximum Gasteiger partial charge on any atom is 0.172 e. The van der Waals surface area contributed by atoms with E-state index in [1.54, 1.807) is 10.8 Å². The van der Waals surface area contributed by atoms with Gasteiger partial charge in [0, 0.05) is 6.61 Å². The van der Waals surface area contributed by atoms with Crippen LogP contribution in [0.4, 0.5) is 0 Å². The van der Waals surface area contributed by atoms with E-state index in [0.717, 1.165) is 31.4 Å². The highest BCUT2D eigenvalue weighted by Crippen LogP contribution is 2.29. The highest BCUT2D eigenvalue weighted by atomic mass is 16.5. The molecule has 5 heteroatoms. The van der Waals surface area contributed by atoms with Crippen LogP contribution in [0.2, 0.25) is 0 Å². The molecule has 1 atom stereocenters. The van der Waals surface area contributed by atoms with E-state index in [1.807, 2.05) is 0 Å². The summed E-state index contributed by atoms with van der Waals surface area (Å²) in [5.41, 5.74) is 1.16. The van der Waals surface area contributed by atoms with E-state index in [0.29, 0.717) is 12.2 Å². The minimum Gasteiger partial charge on any atom is -0.372 e. The van der Waals surface area contributed by atoms with Crippen molar-refractivity contribution < 1.29 is 9.53 Å². The molecule has 1 aromatic heterocycles. The van der Waals surface area contributed by atoms with Crippen molar-refractivity contribution in [3.8, 4) is 0 Å². The summed E-state index contributed by atoms with van der Waals surface area (Å²) in [5, 5.41) is 7.72. The average molecular weight is 207 g/mol. The average Bonchev–Trinajstić information content (AvgIpc) is 2.85. The predicted octanol–water partition coefficient (Wildman–Crippen LogP) is 1.13. The van der Waals surface area contributed by atoms with Gasteiger partial charge in [-0.05, 0) is 12.8 Å². The van der Waals surface area contributed by atoms with Gasteiger partial charge in [0.1, 0.15) is 6.10 Å². The van der Waals surface area contributed by atoms with Crippen LogP contribution in [-0.2, 0) is 11.3 Å². The zero-order valence-corrected chi connectivity index (χ0v) is 8.43. The van der Waals surface area contributed by atoms with Gasteiger partial charge in [-0.1, -0.05) is 11.3 Å². The summed E-state index contributed by atoms with van der Waals surface area (Å²) in [6.45, 7) is 4.93. The SMILES string of the molecule is C=CCn1nnc(C=O)c1C1CCCO1. The van der Waals surface area contributed by atoms with Crippen LogP contribution in [0.3, 0.4) is 0 Å². The summed E-state index contributed by atoms with van der Waals surface area (Å²) in [4.78, 5) is 10.8. The topological polar surface area (TPSA) is 57.0 Å². The minimum atomic E-state index is -0.0415. The molecule has 0 radical (unpaired) electrons. The van der Waals surface area contributed by atoms with Gasteiger partial charge in [-0.2, -0.15) is 0 Å². The Balaban J connectivity index is 2.34. The van der Waals surface area contributed by atoms with Crippen molar-refractivity contribution in [2.75, 3.05) is 6.61 Å². The fraction of sp³-hybridized carbons (Fsp3) is 0.500. The van der Waals surface area contributed by atoms with Crippen LogP contribution in [0.15, 0.2) is 12.7 Å². The number of ether oxygens (including phenoxy) is 1. The molecule has 2 heterocycles. The summed E-state index contributed by atoms with van der Waals surface area (Å²) in [6, 6.07) is 0. The summed E-state index contributed by atoms with van der Waals surface area (Å²) in [6.07, 6.45) is 4.35. The van der Waals surface area contributed by atoms with Crippen LogP contribution in [0.1, 0.15) is 35.1 Å². The Morgan fingerprint density at radius 1 is 1.67 bits per heavy atom. The van der Waals surface area contributed by atoms with E-state index in [1.165, 1.54) is 0 Å². The molecule has 0 N–H and O–H groups in total. The van der Waals surface area contributed by atoms with Crippen LogP contribution in [-0.4, -0.2) is 27.9 Å². The van der Waals surface area contributed by atoms with Gasteiger partial charge in [0.25, 0.3) is 0 Å². The third-order valence-corrected chi connectivity index (χ3v) is 2.45. The van der Waals surface area contributed by atoms with E-state index < -0.39 is 0 Å². The highest BCUT2D eigenvalue weighted by Gasteiger charge is 2.25. The quantitative estimate of drug-likeness (QED) is 0.548. The van der Waals surface area contributed by atoms with Gasteiger partial charge in [-0.3, -0.25) is 4.79 Å². The third-order valence-electron chi connectivity index (χ3n) is 2.45. The predicted molar refractivity (Wildman–Crippen MR) is 53.5 cm³/mol. The van der Waals surface area contributed by atoms with Gasteiger partial charge in [0.15, 0.2) is 12.0 Å². The molecule has 0 amide bonds. The molecular formula is C10H13N3O2. The first-order valence-corrected chi connectivity index (χ1v) is 4.98. The molecule has 0 spiro atoms. The number of hydrogen-bond acceptors (Lipinski definition) is 4. The number of aldehydes is 1. The van der Waals surface area contributed by atoms with E-state index in [-0.39, 0.29) is 6.10 Å². The van der Waals surface area contributed by atoms with Crippen LogP contribution in [0.5, 0.6) is 0 Å². The summed E-state index contributed by atoms with van der Waals surface area (Å²) >= 11 is 0. The first-order valence-electron chi connectivity index (χ1n) is 4.98. The Morgan fingerprint density at radius 3 is 3.13 bits per heavy atom. The van der Waals surface area contributed by atoms with Crippen LogP contribution in [0, 0.1) is 0 Å². The second-order valence-electron chi connectivity index (χ2n) is 3.45. The number of aromatic nitrogens is 3. The lowest BCUT2D eigenvalue weighted by Gasteiger charge is -2.10. The van der Waals surface area contributed by atoms with Gasteiger partial charge in [0.05, 0.1) is 12.2 Å². The molecule has 0 bridgehead atoms. The molecule has 5 nitrogen and oxygen atoms in total. The van der Waals surface area contributed by atoms with Crippen molar-refractivity contribution in [1.29, 1.82) is 0 Å². The number of carbonyl (C=O) groups excluding carboxylic acids is 1. The van der Waals surface area contributed by atoms with Crippen LogP contribution >= 0.6 is 0 Å². The van der Waals surface area contributed by atoms with Crippen molar-refractivity contribution in [3.05, 3.63) is 24.0 Å². The molecule has 0 aliphatic carbocycles. The highest BCUT2D eigenvalue weighted by molar-refractivity contribution is 5.73. The zero-order chi connectivity index (χ0) is 10.7. The Bertz CT molecular complexity index is 367. The standard InChI is InChI=1S/C10H13N3O2/c1-2-5-13-10(8(7-14)11-12-13)9-4-3-6-15-9/h2,7,9H,1,3-6H2. The molecule has 1 aliphatic rings. The number of nitrogens with zero attached hydrogens (tertiary/aromatic N) is 3. The number of hydrogen-bond donors (Lipinski definition) is 0.